The van der Waals surface area contributed by atoms with E-state index in [2.05, 4.69) is 31.8 Å². The maximum atomic E-state index is 13.1. The van der Waals surface area contributed by atoms with Crippen LogP contribution >= 0.6 is 0 Å². The standard InChI is InChI=1S/C25H28N2O3/c1-6-11-27-24(28)22(19-7-9-21(10-8-19)30-15-16(2)3)23(25(27)29)26-20-13-17(4)12-18(5)14-20/h6-10,12-14,16,26H,1,11,15H2,2-5H3. The minimum atomic E-state index is -0.353. The number of anilines is 1. The fourth-order valence-corrected chi connectivity index (χ4v) is 3.43. The van der Waals surface area contributed by atoms with Crippen molar-refractivity contribution in [2.75, 3.05) is 18.5 Å². The van der Waals surface area contributed by atoms with Crippen LogP contribution in [0.15, 0.2) is 60.8 Å². The smallest absolute Gasteiger partial charge is 0.278 e. The first-order valence-corrected chi connectivity index (χ1v) is 10.1. The topological polar surface area (TPSA) is 58.6 Å². The van der Waals surface area contributed by atoms with Gasteiger partial charge < -0.3 is 10.1 Å². The zero-order valence-corrected chi connectivity index (χ0v) is 18.0. The maximum absolute atomic E-state index is 13.1. The van der Waals surface area contributed by atoms with Gasteiger partial charge in [-0.3, -0.25) is 14.5 Å². The summed E-state index contributed by atoms with van der Waals surface area (Å²) >= 11 is 0. The van der Waals surface area contributed by atoms with Crippen molar-refractivity contribution in [2.24, 2.45) is 5.92 Å². The molecule has 2 aromatic carbocycles. The predicted molar refractivity (Wildman–Crippen MR) is 120 cm³/mol. The van der Waals surface area contributed by atoms with E-state index in [1.807, 2.05) is 50.2 Å². The summed E-state index contributed by atoms with van der Waals surface area (Å²) in [6.45, 7) is 12.6. The van der Waals surface area contributed by atoms with Crippen molar-refractivity contribution < 1.29 is 14.3 Å². The molecule has 0 unspecified atom stereocenters. The highest BCUT2D eigenvalue weighted by Gasteiger charge is 2.38. The van der Waals surface area contributed by atoms with Gasteiger partial charge in [0, 0.05) is 12.2 Å². The Bertz CT molecular complexity index is 983. The second kappa shape index (κ2) is 8.99. The van der Waals surface area contributed by atoms with Gasteiger partial charge in [-0.15, -0.1) is 6.58 Å². The number of hydrogen-bond donors (Lipinski definition) is 1. The summed E-state index contributed by atoms with van der Waals surface area (Å²) < 4.78 is 5.73. The molecule has 0 atom stereocenters. The van der Waals surface area contributed by atoms with Gasteiger partial charge in [0.15, 0.2) is 0 Å². The van der Waals surface area contributed by atoms with Crippen molar-refractivity contribution in [3.05, 3.63) is 77.5 Å². The Labute approximate surface area is 178 Å². The molecule has 0 fully saturated rings. The molecule has 2 aromatic rings. The number of amides is 2. The fourth-order valence-electron chi connectivity index (χ4n) is 3.43. The molecule has 0 radical (unpaired) electrons. The molecule has 0 aliphatic carbocycles. The largest absolute Gasteiger partial charge is 0.493 e. The summed E-state index contributed by atoms with van der Waals surface area (Å²) in [7, 11) is 0. The van der Waals surface area contributed by atoms with E-state index in [0.29, 0.717) is 23.7 Å². The molecule has 2 amide bonds. The Morgan fingerprint density at radius 3 is 2.23 bits per heavy atom. The number of ether oxygens (including phenoxy) is 1. The lowest BCUT2D eigenvalue weighted by Crippen LogP contribution is -2.32. The third-order valence-electron chi connectivity index (χ3n) is 4.70. The molecular weight excluding hydrogens is 376 g/mol. The van der Waals surface area contributed by atoms with Crippen LogP contribution in [0.3, 0.4) is 0 Å². The van der Waals surface area contributed by atoms with Crippen LogP contribution in [-0.2, 0) is 9.59 Å². The highest BCUT2D eigenvalue weighted by Crippen LogP contribution is 2.31. The summed E-state index contributed by atoms with van der Waals surface area (Å²) in [6, 6.07) is 13.2. The van der Waals surface area contributed by atoms with E-state index >= 15 is 0 Å². The molecule has 1 N–H and O–H groups in total. The Kier molecular flexibility index (Phi) is 6.40. The van der Waals surface area contributed by atoms with Gasteiger partial charge in [0.1, 0.15) is 11.4 Å². The number of carbonyl (C=O) groups excluding carboxylic acids is 2. The predicted octanol–water partition coefficient (Wildman–Crippen LogP) is 4.72. The van der Waals surface area contributed by atoms with Crippen molar-refractivity contribution in [1.82, 2.24) is 4.90 Å². The molecule has 156 valence electrons. The van der Waals surface area contributed by atoms with E-state index in [1.165, 1.54) is 4.90 Å². The number of nitrogens with one attached hydrogen (secondary N) is 1. The molecule has 0 saturated heterocycles. The van der Waals surface area contributed by atoms with E-state index in [-0.39, 0.29) is 24.1 Å². The second-order valence-electron chi connectivity index (χ2n) is 7.99. The summed E-state index contributed by atoms with van der Waals surface area (Å²) in [5.74, 6) is 0.468. The summed E-state index contributed by atoms with van der Waals surface area (Å²) in [5.41, 5.74) is 4.23. The Balaban J connectivity index is 1.99. The third kappa shape index (κ3) is 4.62. The van der Waals surface area contributed by atoms with Crippen LogP contribution in [0.5, 0.6) is 5.75 Å². The highest BCUT2D eigenvalue weighted by molar-refractivity contribution is 6.36. The van der Waals surface area contributed by atoms with Crippen LogP contribution in [0.25, 0.3) is 5.57 Å². The monoisotopic (exact) mass is 404 g/mol. The van der Waals surface area contributed by atoms with E-state index in [0.717, 1.165) is 22.6 Å². The van der Waals surface area contributed by atoms with Crippen LogP contribution in [0.2, 0.25) is 0 Å². The van der Waals surface area contributed by atoms with Crippen molar-refractivity contribution in [3.63, 3.8) is 0 Å². The van der Waals surface area contributed by atoms with Gasteiger partial charge >= 0.3 is 0 Å². The molecule has 0 aromatic heterocycles. The first-order chi connectivity index (χ1) is 14.3. The molecule has 5 nitrogen and oxygen atoms in total. The molecule has 0 spiro atoms. The fraction of sp³-hybridized carbons (Fsp3) is 0.280. The number of rotatable bonds is 8. The van der Waals surface area contributed by atoms with Gasteiger partial charge in [-0.05, 0) is 60.7 Å². The quantitative estimate of drug-likeness (QED) is 0.511. The Morgan fingerprint density at radius 1 is 1.03 bits per heavy atom. The normalized spacial score (nSPS) is 14.0. The van der Waals surface area contributed by atoms with Crippen LogP contribution in [0.1, 0.15) is 30.5 Å². The van der Waals surface area contributed by atoms with E-state index in [1.54, 1.807) is 6.08 Å². The summed E-state index contributed by atoms with van der Waals surface area (Å²) in [5, 5.41) is 3.20. The van der Waals surface area contributed by atoms with Gasteiger partial charge in [-0.2, -0.15) is 0 Å². The number of imide groups is 1. The summed E-state index contributed by atoms with van der Waals surface area (Å²) in [6.07, 6.45) is 1.55. The lowest BCUT2D eigenvalue weighted by Gasteiger charge is -2.13. The lowest BCUT2D eigenvalue weighted by molar-refractivity contribution is -0.136. The average molecular weight is 405 g/mol. The number of hydrogen-bond acceptors (Lipinski definition) is 4. The zero-order chi connectivity index (χ0) is 21.8. The number of aryl methyl sites for hydroxylation is 2. The number of nitrogens with zero attached hydrogens (tertiary/aromatic N) is 1. The molecule has 1 aliphatic rings. The van der Waals surface area contributed by atoms with E-state index in [4.69, 9.17) is 4.74 Å². The van der Waals surface area contributed by atoms with Crippen molar-refractivity contribution in [3.8, 4) is 5.75 Å². The van der Waals surface area contributed by atoms with E-state index in [9.17, 15) is 9.59 Å². The van der Waals surface area contributed by atoms with Crippen LogP contribution < -0.4 is 10.1 Å². The zero-order valence-electron chi connectivity index (χ0n) is 18.0. The first-order valence-electron chi connectivity index (χ1n) is 10.1. The van der Waals surface area contributed by atoms with Crippen LogP contribution in [-0.4, -0.2) is 29.9 Å². The van der Waals surface area contributed by atoms with Crippen molar-refractivity contribution in [2.45, 2.75) is 27.7 Å². The Hall–Kier alpha value is -3.34. The molecule has 1 heterocycles. The SMILES string of the molecule is C=CCN1C(=O)C(Nc2cc(C)cc(C)c2)=C(c2ccc(OCC(C)C)cc2)C1=O. The Morgan fingerprint density at radius 2 is 1.67 bits per heavy atom. The minimum absolute atomic E-state index is 0.161. The molecule has 30 heavy (non-hydrogen) atoms. The number of carbonyl (C=O) groups is 2. The lowest BCUT2D eigenvalue weighted by atomic mass is 10.0. The maximum Gasteiger partial charge on any atom is 0.278 e. The minimum Gasteiger partial charge on any atom is -0.493 e. The molecule has 5 heteroatoms. The average Bonchev–Trinajstić information content (AvgIpc) is 2.91. The molecular formula is C25H28N2O3. The van der Waals surface area contributed by atoms with Crippen molar-refractivity contribution in [1.29, 1.82) is 0 Å². The van der Waals surface area contributed by atoms with Gasteiger partial charge in [0.25, 0.3) is 11.8 Å². The second-order valence-corrected chi connectivity index (χ2v) is 7.99. The molecule has 0 bridgehead atoms. The number of benzene rings is 2. The van der Waals surface area contributed by atoms with Gasteiger partial charge in [-0.1, -0.05) is 38.1 Å². The highest BCUT2D eigenvalue weighted by atomic mass is 16.5. The molecule has 0 saturated carbocycles. The van der Waals surface area contributed by atoms with Gasteiger partial charge in [-0.25, -0.2) is 0 Å². The van der Waals surface area contributed by atoms with E-state index < -0.39 is 0 Å². The molecule has 1 aliphatic heterocycles. The van der Waals surface area contributed by atoms with Gasteiger partial charge in [0.05, 0.1) is 12.2 Å². The van der Waals surface area contributed by atoms with Crippen LogP contribution in [0, 0.1) is 19.8 Å². The van der Waals surface area contributed by atoms with Crippen LogP contribution in [0.4, 0.5) is 5.69 Å². The summed E-state index contributed by atoms with van der Waals surface area (Å²) in [4.78, 5) is 27.3. The molecule has 3 rings (SSSR count). The third-order valence-corrected chi connectivity index (χ3v) is 4.70. The van der Waals surface area contributed by atoms with Gasteiger partial charge in [0.2, 0.25) is 0 Å². The first kappa shape index (κ1) is 21.4. The van der Waals surface area contributed by atoms with Crippen molar-refractivity contribution >= 4 is 23.1 Å².